The molecule has 4 aliphatic rings. The molecule has 4 aliphatic heterocycles. The Kier molecular flexibility index (Phi) is 4.41. The molecular weight excluding hydrogens is 394 g/mol. The zero-order valence-corrected chi connectivity index (χ0v) is 16.6. The maximum atomic E-state index is 6.88. The Balaban J connectivity index is 1.56. The van der Waals surface area contributed by atoms with Crippen molar-refractivity contribution in [2.45, 2.75) is 35.7 Å². The van der Waals surface area contributed by atoms with Gasteiger partial charge in [-0.1, -0.05) is 40.2 Å². The van der Waals surface area contributed by atoms with Gasteiger partial charge in [0.05, 0.1) is 6.10 Å². The van der Waals surface area contributed by atoms with Crippen LogP contribution in [0.15, 0.2) is 51.8 Å². The third-order valence-electron chi connectivity index (χ3n) is 5.88. The fraction of sp³-hybridized carbons (Fsp3) is 0.429. The Morgan fingerprint density at radius 1 is 1.04 bits per heavy atom. The lowest BCUT2D eigenvalue weighted by Gasteiger charge is -2.45. The largest absolute Gasteiger partial charge is 0.364 e. The topological polar surface area (TPSA) is 12.5 Å². The molecule has 0 aromatic heterocycles. The van der Waals surface area contributed by atoms with Crippen molar-refractivity contribution in [2.75, 3.05) is 19.6 Å². The summed E-state index contributed by atoms with van der Waals surface area (Å²) in [5.41, 5.74) is 4.08. The highest BCUT2D eigenvalue weighted by atomic mass is 79.9. The van der Waals surface area contributed by atoms with Gasteiger partial charge in [-0.2, -0.15) is 0 Å². The molecule has 2 atom stereocenters. The van der Waals surface area contributed by atoms with Crippen LogP contribution in [0.2, 0.25) is 0 Å². The van der Waals surface area contributed by atoms with Gasteiger partial charge in [-0.25, -0.2) is 0 Å². The van der Waals surface area contributed by atoms with E-state index in [1.54, 1.807) is 0 Å². The van der Waals surface area contributed by atoms with Crippen LogP contribution < -0.4 is 0 Å². The Hall–Kier alpha value is -0.810. The molecule has 0 aliphatic carbocycles. The van der Waals surface area contributed by atoms with Crippen molar-refractivity contribution in [1.82, 2.24) is 4.90 Å². The predicted molar refractivity (Wildman–Crippen MR) is 106 cm³/mol. The van der Waals surface area contributed by atoms with Crippen molar-refractivity contribution in [2.24, 2.45) is 5.92 Å². The molecule has 0 N–H and O–H groups in total. The third-order valence-corrected chi connectivity index (χ3v) is 7.51. The van der Waals surface area contributed by atoms with Crippen LogP contribution in [0.5, 0.6) is 0 Å². The lowest BCUT2D eigenvalue weighted by Crippen LogP contribution is -2.51. The Morgan fingerprint density at radius 3 is 2.68 bits per heavy atom. The van der Waals surface area contributed by atoms with Crippen molar-refractivity contribution >= 4 is 27.7 Å². The zero-order chi connectivity index (χ0) is 16.8. The summed E-state index contributed by atoms with van der Waals surface area (Å²) in [6.07, 6.45) is 2.98. The Morgan fingerprint density at radius 2 is 1.88 bits per heavy atom. The van der Waals surface area contributed by atoms with E-state index in [4.69, 9.17) is 4.74 Å². The predicted octanol–water partition coefficient (Wildman–Crippen LogP) is 5.26. The van der Waals surface area contributed by atoms with E-state index in [2.05, 4.69) is 63.3 Å². The van der Waals surface area contributed by atoms with Crippen LogP contribution in [0.4, 0.5) is 0 Å². The summed E-state index contributed by atoms with van der Waals surface area (Å²) in [4.78, 5) is 3.93. The molecule has 2 aromatic carbocycles. The van der Waals surface area contributed by atoms with Crippen LogP contribution in [0.1, 0.15) is 35.6 Å². The molecule has 0 unspecified atom stereocenters. The minimum absolute atomic E-state index is 0.0456. The van der Waals surface area contributed by atoms with Crippen molar-refractivity contribution in [3.8, 4) is 0 Å². The van der Waals surface area contributed by atoms with Crippen molar-refractivity contribution in [3.05, 3.63) is 63.6 Å². The van der Waals surface area contributed by atoms with Gasteiger partial charge in [0.25, 0.3) is 0 Å². The summed E-state index contributed by atoms with van der Waals surface area (Å²) in [6.45, 7) is 3.60. The molecule has 25 heavy (non-hydrogen) atoms. The highest BCUT2D eigenvalue weighted by Gasteiger charge is 2.37. The molecule has 2 bridgehead atoms. The molecular formula is C21H22BrNOS. The first-order valence-corrected chi connectivity index (χ1v) is 10.9. The summed E-state index contributed by atoms with van der Waals surface area (Å²) in [5, 5.41) is 0. The normalized spacial score (nSPS) is 30.4. The molecule has 0 amide bonds. The number of halogens is 1. The van der Waals surface area contributed by atoms with Crippen LogP contribution in [0.25, 0.3) is 0 Å². The minimum Gasteiger partial charge on any atom is -0.364 e. The van der Waals surface area contributed by atoms with E-state index in [1.807, 2.05) is 11.8 Å². The van der Waals surface area contributed by atoms with E-state index < -0.39 is 0 Å². The number of thioether (sulfide) groups is 1. The van der Waals surface area contributed by atoms with Gasteiger partial charge in [0.15, 0.2) is 0 Å². The highest BCUT2D eigenvalue weighted by molar-refractivity contribution is 9.10. The zero-order valence-electron chi connectivity index (χ0n) is 14.2. The number of benzene rings is 2. The van der Waals surface area contributed by atoms with E-state index in [0.29, 0.717) is 6.10 Å². The van der Waals surface area contributed by atoms with Gasteiger partial charge in [-0.15, -0.1) is 11.8 Å². The maximum absolute atomic E-state index is 6.88. The number of nitrogens with zero attached hydrogens (tertiary/aromatic N) is 1. The fourth-order valence-electron chi connectivity index (χ4n) is 4.49. The number of fused-ring (bicyclic) bond motifs is 5. The summed E-state index contributed by atoms with van der Waals surface area (Å²) in [5.74, 6) is 1.74. The lowest BCUT2D eigenvalue weighted by atomic mass is 9.85. The SMILES string of the molecule is Brc1ccc2c(c1)[C@H](O[C@@H]1CN3CCC1CC3)c1ccccc1CS2. The number of hydrogen-bond acceptors (Lipinski definition) is 3. The van der Waals surface area contributed by atoms with Crippen molar-refractivity contribution < 1.29 is 4.74 Å². The van der Waals surface area contributed by atoms with Gasteiger partial charge < -0.3 is 9.64 Å². The van der Waals surface area contributed by atoms with Crippen molar-refractivity contribution in [3.63, 3.8) is 0 Å². The average molecular weight is 416 g/mol. The average Bonchev–Trinajstić information content (AvgIpc) is 2.80. The molecule has 130 valence electrons. The van der Waals surface area contributed by atoms with Gasteiger partial charge in [0, 0.05) is 21.7 Å². The molecule has 4 heterocycles. The van der Waals surface area contributed by atoms with E-state index in [1.165, 1.54) is 47.5 Å². The molecule has 2 aromatic rings. The molecule has 4 heteroatoms. The van der Waals surface area contributed by atoms with Crippen LogP contribution in [0, 0.1) is 5.92 Å². The molecule has 0 radical (unpaired) electrons. The fourth-order valence-corrected chi connectivity index (χ4v) is 5.94. The number of ether oxygens (including phenoxy) is 1. The highest BCUT2D eigenvalue weighted by Crippen LogP contribution is 2.44. The van der Waals surface area contributed by atoms with Gasteiger partial charge in [0.2, 0.25) is 0 Å². The molecule has 0 saturated carbocycles. The first kappa shape index (κ1) is 16.4. The Bertz CT molecular complexity index is 787. The lowest BCUT2D eigenvalue weighted by molar-refractivity contribution is -0.0933. The second-order valence-electron chi connectivity index (χ2n) is 7.36. The summed E-state index contributed by atoms with van der Waals surface area (Å²) >= 11 is 5.60. The van der Waals surface area contributed by atoms with Gasteiger partial charge in [-0.3, -0.25) is 0 Å². The third kappa shape index (κ3) is 3.08. The molecule has 3 saturated heterocycles. The number of piperidine rings is 3. The number of hydrogen-bond donors (Lipinski definition) is 0. The first-order chi connectivity index (χ1) is 12.3. The quantitative estimate of drug-likeness (QED) is 0.663. The van der Waals surface area contributed by atoms with E-state index >= 15 is 0 Å². The maximum Gasteiger partial charge on any atom is 0.109 e. The minimum atomic E-state index is 0.0456. The van der Waals surface area contributed by atoms with Gasteiger partial charge in [0.1, 0.15) is 6.10 Å². The van der Waals surface area contributed by atoms with Crippen LogP contribution in [-0.4, -0.2) is 30.6 Å². The van der Waals surface area contributed by atoms with Gasteiger partial charge >= 0.3 is 0 Å². The van der Waals surface area contributed by atoms with E-state index in [0.717, 1.165) is 22.7 Å². The monoisotopic (exact) mass is 415 g/mol. The van der Waals surface area contributed by atoms with Crippen LogP contribution >= 0.6 is 27.7 Å². The molecule has 2 nitrogen and oxygen atoms in total. The number of rotatable bonds is 2. The Labute approximate surface area is 162 Å². The molecule has 3 fully saturated rings. The second kappa shape index (κ2) is 6.73. The van der Waals surface area contributed by atoms with Crippen molar-refractivity contribution in [1.29, 1.82) is 0 Å². The van der Waals surface area contributed by atoms with Crippen LogP contribution in [0.3, 0.4) is 0 Å². The standard InChI is InChI=1S/C21H22BrNOS/c22-16-5-6-20-18(11-16)21(17-4-2-1-3-15(17)13-25-20)24-19-12-23-9-7-14(19)8-10-23/h1-6,11,14,19,21H,7-10,12-13H2/t19-,21-/m1/s1. The first-order valence-electron chi connectivity index (χ1n) is 9.16. The van der Waals surface area contributed by atoms with E-state index in [9.17, 15) is 0 Å². The second-order valence-corrected chi connectivity index (χ2v) is 9.30. The van der Waals surface area contributed by atoms with Gasteiger partial charge in [-0.05, 0) is 66.7 Å². The summed E-state index contributed by atoms with van der Waals surface area (Å²) in [6, 6.07) is 15.5. The summed E-state index contributed by atoms with van der Waals surface area (Å²) in [7, 11) is 0. The van der Waals surface area contributed by atoms with Crippen LogP contribution in [-0.2, 0) is 10.5 Å². The molecule has 6 rings (SSSR count). The smallest absolute Gasteiger partial charge is 0.109 e. The molecule has 0 spiro atoms. The summed E-state index contributed by atoms with van der Waals surface area (Å²) < 4.78 is 8.01. The van der Waals surface area contributed by atoms with E-state index in [-0.39, 0.29) is 6.10 Å².